The van der Waals surface area contributed by atoms with Crippen molar-refractivity contribution in [2.24, 2.45) is 5.92 Å². The van der Waals surface area contributed by atoms with Crippen LogP contribution in [0.5, 0.6) is 11.5 Å². The third-order valence-corrected chi connectivity index (χ3v) is 5.70. The second-order valence-electron chi connectivity index (χ2n) is 7.44. The zero-order valence-corrected chi connectivity index (χ0v) is 16.1. The van der Waals surface area contributed by atoms with Crippen LogP contribution in [0.25, 0.3) is 0 Å². The molecular weight excluding hydrogens is 338 g/mol. The number of piperidine rings is 1. The van der Waals surface area contributed by atoms with Gasteiger partial charge in [-0.3, -0.25) is 0 Å². The molecule has 4 rings (SSSR count). The van der Waals surface area contributed by atoms with Gasteiger partial charge in [-0.05, 0) is 61.1 Å². The molecule has 2 aromatic rings. The number of pyridine rings is 1. The van der Waals surface area contributed by atoms with E-state index in [1.54, 1.807) is 0 Å². The Labute approximate surface area is 161 Å². The predicted octanol–water partition coefficient (Wildman–Crippen LogP) is 3.77. The zero-order valence-electron chi connectivity index (χ0n) is 16.1. The summed E-state index contributed by atoms with van der Waals surface area (Å²) in [5.74, 6) is 3.77. The van der Waals surface area contributed by atoms with Crippen LogP contribution in [-0.4, -0.2) is 31.4 Å². The van der Waals surface area contributed by atoms with E-state index in [9.17, 15) is 0 Å². The van der Waals surface area contributed by atoms with Crippen LogP contribution in [0.15, 0.2) is 36.5 Å². The highest BCUT2D eigenvalue weighted by molar-refractivity contribution is 5.48. The number of para-hydroxylation sites is 1. The van der Waals surface area contributed by atoms with Crippen molar-refractivity contribution in [2.75, 3.05) is 31.3 Å². The van der Waals surface area contributed by atoms with Crippen LogP contribution < -0.4 is 19.7 Å². The summed E-state index contributed by atoms with van der Waals surface area (Å²) >= 11 is 0. The Morgan fingerprint density at radius 1 is 1.19 bits per heavy atom. The van der Waals surface area contributed by atoms with Gasteiger partial charge < -0.3 is 19.7 Å². The molecule has 0 saturated carbocycles. The van der Waals surface area contributed by atoms with Crippen LogP contribution in [0.2, 0.25) is 0 Å². The Morgan fingerprint density at radius 3 is 2.93 bits per heavy atom. The number of aromatic nitrogens is 1. The summed E-state index contributed by atoms with van der Waals surface area (Å²) in [7, 11) is 0. The van der Waals surface area contributed by atoms with Crippen LogP contribution in [-0.2, 0) is 13.0 Å². The first kappa shape index (κ1) is 18.1. The van der Waals surface area contributed by atoms with Crippen molar-refractivity contribution in [3.63, 3.8) is 0 Å². The molecule has 0 unspecified atom stereocenters. The third-order valence-electron chi connectivity index (χ3n) is 5.70. The van der Waals surface area contributed by atoms with Crippen molar-refractivity contribution in [1.29, 1.82) is 0 Å². The Morgan fingerprint density at radius 2 is 2.07 bits per heavy atom. The van der Waals surface area contributed by atoms with Gasteiger partial charge in [0.2, 0.25) is 6.79 Å². The normalized spacial score (nSPS) is 16.7. The second kappa shape index (κ2) is 8.61. The molecule has 0 bridgehead atoms. The average Bonchev–Trinajstić information content (AvgIpc) is 3.21. The van der Waals surface area contributed by atoms with Gasteiger partial charge >= 0.3 is 0 Å². The van der Waals surface area contributed by atoms with Gasteiger partial charge in [0.25, 0.3) is 0 Å². The van der Waals surface area contributed by atoms with Crippen molar-refractivity contribution in [3.05, 3.63) is 47.7 Å². The first-order chi connectivity index (χ1) is 13.3. The van der Waals surface area contributed by atoms with Crippen LogP contribution >= 0.6 is 0 Å². The number of nitrogens with one attached hydrogen (secondary N) is 1. The summed E-state index contributed by atoms with van der Waals surface area (Å²) in [4.78, 5) is 7.03. The van der Waals surface area contributed by atoms with Crippen molar-refractivity contribution in [1.82, 2.24) is 10.3 Å². The van der Waals surface area contributed by atoms with Crippen LogP contribution in [0.1, 0.15) is 37.3 Å². The van der Waals surface area contributed by atoms with Crippen molar-refractivity contribution in [2.45, 2.75) is 39.2 Å². The number of hydrogen-bond acceptors (Lipinski definition) is 5. The molecule has 1 saturated heterocycles. The van der Waals surface area contributed by atoms with E-state index in [-0.39, 0.29) is 0 Å². The molecule has 2 aliphatic heterocycles. The van der Waals surface area contributed by atoms with Gasteiger partial charge in [0, 0.05) is 25.8 Å². The van der Waals surface area contributed by atoms with Gasteiger partial charge in [-0.2, -0.15) is 0 Å². The number of fused-ring (bicyclic) bond motifs is 1. The van der Waals surface area contributed by atoms with Crippen LogP contribution in [0, 0.1) is 5.92 Å². The Balaban J connectivity index is 1.27. The lowest BCUT2D eigenvalue weighted by Gasteiger charge is -2.32. The SMILES string of the molecule is CCC1CCN(c2cc(CNCCc3cccc4c3OCO4)ccn2)CC1. The van der Waals surface area contributed by atoms with Crippen LogP contribution in [0.3, 0.4) is 0 Å². The quantitative estimate of drug-likeness (QED) is 0.755. The largest absolute Gasteiger partial charge is 0.454 e. The summed E-state index contributed by atoms with van der Waals surface area (Å²) in [5.41, 5.74) is 2.49. The number of nitrogens with zero attached hydrogens (tertiary/aromatic N) is 2. The fraction of sp³-hybridized carbons (Fsp3) is 0.500. The number of anilines is 1. The summed E-state index contributed by atoms with van der Waals surface area (Å²) in [5, 5.41) is 3.55. The number of hydrogen-bond donors (Lipinski definition) is 1. The summed E-state index contributed by atoms with van der Waals surface area (Å²) < 4.78 is 11.0. The van der Waals surface area contributed by atoms with E-state index in [0.29, 0.717) is 6.79 Å². The monoisotopic (exact) mass is 367 g/mol. The standard InChI is InChI=1S/C22H29N3O2/c1-2-17-8-12-25(13-9-17)21-14-18(6-11-24-21)15-23-10-7-19-4-3-5-20-22(19)27-16-26-20/h3-6,11,14,17,23H,2,7-10,12-13,15-16H2,1H3. The summed E-state index contributed by atoms with van der Waals surface area (Å²) in [6.45, 7) is 6.64. The first-order valence-corrected chi connectivity index (χ1v) is 10.1. The van der Waals surface area contributed by atoms with Crippen molar-refractivity contribution in [3.8, 4) is 11.5 Å². The molecule has 0 radical (unpaired) electrons. The molecule has 0 atom stereocenters. The van der Waals surface area contributed by atoms with Crippen molar-refractivity contribution < 1.29 is 9.47 Å². The van der Waals surface area contributed by atoms with E-state index in [2.05, 4.69) is 40.3 Å². The lowest BCUT2D eigenvalue weighted by molar-refractivity contribution is 0.173. The smallest absolute Gasteiger partial charge is 0.231 e. The number of rotatable bonds is 7. The molecular formula is C22H29N3O2. The van der Waals surface area contributed by atoms with Gasteiger partial charge in [-0.15, -0.1) is 0 Å². The van der Waals surface area contributed by atoms with Gasteiger partial charge in [-0.25, -0.2) is 4.98 Å². The molecule has 2 aliphatic rings. The molecule has 1 fully saturated rings. The van der Waals surface area contributed by atoms with E-state index in [4.69, 9.17) is 9.47 Å². The molecule has 5 heteroatoms. The minimum Gasteiger partial charge on any atom is -0.454 e. The molecule has 0 amide bonds. The van der Waals surface area contributed by atoms with Crippen LogP contribution in [0.4, 0.5) is 5.82 Å². The highest BCUT2D eigenvalue weighted by Gasteiger charge is 2.19. The molecule has 0 aliphatic carbocycles. The lowest BCUT2D eigenvalue weighted by atomic mass is 9.94. The van der Waals surface area contributed by atoms with E-state index >= 15 is 0 Å². The average molecular weight is 367 g/mol. The van der Waals surface area contributed by atoms with E-state index < -0.39 is 0 Å². The maximum absolute atomic E-state index is 5.58. The molecule has 27 heavy (non-hydrogen) atoms. The minimum atomic E-state index is 0.328. The number of benzene rings is 1. The minimum absolute atomic E-state index is 0.328. The highest BCUT2D eigenvalue weighted by Crippen LogP contribution is 2.35. The van der Waals surface area contributed by atoms with E-state index in [0.717, 1.165) is 55.8 Å². The topological polar surface area (TPSA) is 46.6 Å². The molecule has 1 aromatic carbocycles. The molecule has 144 valence electrons. The molecule has 1 aromatic heterocycles. The molecule has 0 spiro atoms. The summed E-state index contributed by atoms with van der Waals surface area (Å²) in [6.07, 6.45) is 6.73. The van der Waals surface area contributed by atoms with E-state index in [1.165, 1.54) is 30.4 Å². The maximum atomic E-state index is 5.58. The first-order valence-electron chi connectivity index (χ1n) is 10.1. The van der Waals surface area contributed by atoms with Gasteiger partial charge in [-0.1, -0.05) is 25.5 Å². The fourth-order valence-corrected chi connectivity index (χ4v) is 3.96. The number of ether oxygens (including phenoxy) is 2. The Hall–Kier alpha value is -2.27. The highest BCUT2D eigenvalue weighted by atomic mass is 16.7. The van der Waals surface area contributed by atoms with Gasteiger partial charge in [0.15, 0.2) is 11.5 Å². The molecule has 5 nitrogen and oxygen atoms in total. The maximum Gasteiger partial charge on any atom is 0.231 e. The fourth-order valence-electron chi connectivity index (χ4n) is 3.96. The second-order valence-corrected chi connectivity index (χ2v) is 7.44. The third kappa shape index (κ3) is 4.35. The van der Waals surface area contributed by atoms with Gasteiger partial charge in [0.05, 0.1) is 0 Å². The van der Waals surface area contributed by atoms with Crippen molar-refractivity contribution >= 4 is 5.82 Å². The Bertz CT molecular complexity index is 757. The molecule has 1 N–H and O–H groups in total. The summed E-state index contributed by atoms with van der Waals surface area (Å²) in [6, 6.07) is 10.4. The van der Waals surface area contributed by atoms with E-state index in [1.807, 2.05) is 18.3 Å². The zero-order chi connectivity index (χ0) is 18.5. The molecule has 3 heterocycles. The van der Waals surface area contributed by atoms with Gasteiger partial charge in [0.1, 0.15) is 5.82 Å². The predicted molar refractivity (Wildman–Crippen MR) is 107 cm³/mol. The Kier molecular flexibility index (Phi) is 5.78. The lowest BCUT2D eigenvalue weighted by Crippen LogP contribution is -2.34.